The maximum absolute atomic E-state index is 10.3. The minimum absolute atomic E-state index is 0.0333. The van der Waals surface area contributed by atoms with E-state index >= 15 is 0 Å². The third kappa shape index (κ3) is 5.58. The zero-order chi connectivity index (χ0) is 10.3. The van der Waals surface area contributed by atoms with E-state index in [2.05, 4.69) is 0 Å². The van der Waals surface area contributed by atoms with Gasteiger partial charge >= 0.3 is 15.4 Å². The summed E-state index contributed by atoms with van der Waals surface area (Å²) in [5.74, 6) is 0. The van der Waals surface area contributed by atoms with E-state index in [9.17, 15) is 4.79 Å². The Morgan fingerprint density at radius 1 is 1.46 bits per heavy atom. The molecule has 0 aromatic rings. The van der Waals surface area contributed by atoms with Crippen molar-refractivity contribution < 1.29 is 23.5 Å². The Kier molecular flexibility index (Phi) is 6.50. The number of hydrogen-bond donors (Lipinski definition) is 1. The van der Waals surface area contributed by atoms with Crippen molar-refractivity contribution in [1.82, 2.24) is 4.90 Å². The van der Waals surface area contributed by atoms with Crippen molar-refractivity contribution in [2.45, 2.75) is 0 Å². The summed E-state index contributed by atoms with van der Waals surface area (Å²) in [7, 11) is 2.80. The highest BCUT2D eigenvalue weighted by Crippen LogP contribution is 1.89. The normalized spacial score (nSPS) is 10.5. The molecule has 0 saturated heterocycles. The molecule has 0 bridgehead atoms. The van der Waals surface area contributed by atoms with Crippen LogP contribution in [0.1, 0.15) is 0 Å². The maximum atomic E-state index is 10.3. The standard InChI is InChI=1S/C6H15NO5Si/c1-7(6(8)9)4-12-5-13(10-2)11-3/h13H,4-5H2,1-3H3,(H,8,9). The highest BCUT2D eigenvalue weighted by Gasteiger charge is 2.11. The van der Waals surface area contributed by atoms with Crippen LogP contribution in [-0.2, 0) is 13.6 Å². The Balaban J connectivity index is 3.48. The fraction of sp³-hybridized carbons (Fsp3) is 0.833. The Morgan fingerprint density at radius 2 is 2.00 bits per heavy atom. The van der Waals surface area contributed by atoms with Crippen molar-refractivity contribution in [1.29, 1.82) is 0 Å². The number of carbonyl (C=O) groups is 1. The number of hydrogen-bond acceptors (Lipinski definition) is 4. The van der Waals surface area contributed by atoms with Gasteiger partial charge in [0.05, 0.1) is 6.23 Å². The zero-order valence-electron chi connectivity index (χ0n) is 8.02. The van der Waals surface area contributed by atoms with E-state index in [4.69, 9.17) is 18.7 Å². The van der Waals surface area contributed by atoms with Crippen LogP contribution >= 0.6 is 0 Å². The van der Waals surface area contributed by atoms with Crippen LogP contribution in [0.2, 0.25) is 0 Å². The monoisotopic (exact) mass is 209 g/mol. The lowest BCUT2D eigenvalue weighted by Crippen LogP contribution is -2.32. The highest BCUT2D eigenvalue weighted by molar-refractivity contribution is 6.44. The number of nitrogens with zero attached hydrogens (tertiary/aromatic N) is 1. The van der Waals surface area contributed by atoms with Gasteiger partial charge in [0.25, 0.3) is 0 Å². The van der Waals surface area contributed by atoms with Crippen LogP contribution in [0.5, 0.6) is 0 Å². The predicted molar refractivity (Wildman–Crippen MR) is 47.8 cm³/mol. The van der Waals surface area contributed by atoms with Gasteiger partial charge in [0, 0.05) is 21.3 Å². The summed E-state index contributed by atoms with van der Waals surface area (Å²) in [5.41, 5.74) is 0. The predicted octanol–water partition coefficient (Wildman–Crippen LogP) is -0.377. The third-order valence-corrected chi connectivity index (χ3v) is 2.95. The molecule has 7 heteroatoms. The van der Waals surface area contributed by atoms with E-state index in [1.165, 1.54) is 7.05 Å². The second-order valence-corrected chi connectivity index (χ2v) is 4.52. The number of rotatable bonds is 6. The first kappa shape index (κ1) is 12.4. The van der Waals surface area contributed by atoms with Gasteiger partial charge in [-0.2, -0.15) is 0 Å². The van der Waals surface area contributed by atoms with Crippen LogP contribution in [0.25, 0.3) is 0 Å². The van der Waals surface area contributed by atoms with Crippen molar-refractivity contribution in [2.75, 3.05) is 34.2 Å². The van der Waals surface area contributed by atoms with E-state index in [1.54, 1.807) is 14.2 Å². The molecule has 0 radical (unpaired) electrons. The molecule has 0 spiro atoms. The summed E-state index contributed by atoms with van der Waals surface area (Å²) >= 11 is 0. The Hall–Kier alpha value is -0.633. The van der Waals surface area contributed by atoms with E-state index < -0.39 is 15.4 Å². The molecule has 0 fully saturated rings. The molecule has 13 heavy (non-hydrogen) atoms. The molecule has 1 amide bonds. The van der Waals surface area contributed by atoms with Gasteiger partial charge in [-0.15, -0.1) is 0 Å². The van der Waals surface area contributed by atoms with E-state index in [1.807, 2.05) is 0 Å². The summed E-state index contributed by atoms with van der Waals surface area (Å²) in [5, 5.41) is 8.46. The van der Waals surface area contributed by atoms with Gasteiger partial charge in [0.1, 0.15) is 6.73 Å². The summed E-state index contributed by atoms with van der Waals surface area (Å²) < 4.78 is 15.0. The lowest BCUT2D eigenvalue weighted by Gasteiger charge is -2.15. The minimum atomic E-state index is -1.72. The average Bonchev–Trinajstić information content (AvgIpc) is 2.12. The molecule has 0 aliphatic rings. The van der Waals surface area contributed by atoms with Crippen LogP contribution in [0.3, 0.4) is 0 Å². The van der Waals surface area contributed by atoms with Crippen LogP contribution < -0.4 is 0 Å². The third-order valence-electron chi connectivity index (χ3n) is 1.39. The fourth-order valence-electron chi connectivity index (χ4n) is 0.573. The van der Waals surface area contributed by atoms with Crippen molar-refractivity contribution in [3.05, 3.63) is 0 Å². The smallest absolute Gasteiger partial charge is 0.408 e. The molecule has 0 heterocycles. The van der Waals surface area contributed by atoms with Gasteiger partial charge in [-0.1, -0.05) is 0 Å². The molecule has 0 aromatic carbocycles. The topological polar surface area (TPSA) is 68.2 Å². The molecule has 0 aliphatic heterocycles. The molecule has 0 aliphatic carbocycles. The van der Waals surface area contributed by atoms with E-state index in [0.29, 0.717) is 6.23 Å². The molecule has 0 aromatic heterocycles. The largest absolute Gasteiger partial charge is 0.465 e. The number of amides is 1. The van der Waals surface area contributed by atoms with Crippen molar-refractivity contribution in [3.63, 3.8) is 0 Å². The zero-order valence-corrected chi connectivity index (χ0v) is 9.17. The number of carboxylic acid groups (broad SMARTS) is 1. The second-order valence-electron chi connectivity index (χ2n) is 2.38. The first-order chi connectivity index (χ1) is 6.11. The maximum Gasteiger partial charge on any atom is 0.408 e. The van der Waals surface area contributed by atoms with Crippen LogP contribution in [0, 0.1) is 0 Å². The average molecular weight is 209 g/mol. The molecular formula is C6H15NO5Si. The van der Waals surface area contributed by atoms with Gasteiger partial charge < -0.3 is 18.7 Å². The van der Waals surface area contributed by atoms with E-state index in [-0.39, 0.29) is 6.73 Å². The molecule has 0 unspecified atom stereocenters. The summed E-state index contributed by atoms with van der Waals surface area (Å²) in [4.78, 5) is 11.3. The molecule has 0 rings (SSSR count). The van der Waals surface area contributed by atoms with Gasteiger partial charge in [-0.3, -0.25) is 4.90 Å². The summed E-state index contributed by atoms with van der Waals surface area (Å²) in [6.45, 7) is 0.0333. The van der Waals surface area contributed by atoms with Crippen LogP contribution in [0.15, 0.2) is 0 Å². The quantitative estimate of drug-likeness (QED) is 0.477. The van der Waals surface area contributed by atoms with Crippen molar-refractivity contribution in [2.24, 2.45) is 0 Å². The summed E-state index contributed by atoms with van der Waals surface area (Å²) in [6.07, 6.45) is -0.682. The van der Waals surface area contributed by atoms with Gasteiger partial charge in [-0.25, -0.2) is 4.79 Å². The first-order valence-corrected chi connectivity index (χ1v) is 5.45. The fourth-order valence-corrected chi connectivity index (χ4v) is 1.34. The second kappa shape index (κ2) is 6.84. The molecule has 6 nitrogen and oxygen atoms in total. The van der Waals surface area contributed by atoms with Gasteiger partial charge in [0.15, 0.2) is 0 Å². The molecule has 0 saturated carbocycles. The lowest BCUT2D eigenvalue weighted by molar-refractivity contribution is 0.0528. The van der Waals surface area contributed by atoms with Crippen molar-refractivity contribution >= 4 is 15.4 Å². The molecule has 78 valence electrons. The van der Waals surface area contributed by atoms with Crippen molar-refractivity contribution in [3.8, 4) is 0 Å². The van der Waals surface area contributed by atoms with Gasteiger partial charge in [0.2, 0.25) is 0 Å². The number of ether oxygens (including phenoxy) is 1. The van der Waals surface area contributed by atoms with E-state index in [0.717, 1.165) is 4.90 Å². The van der Waals surface area contributed by atoms with Gasteiger partial charge in [-0.05, 0) is 0 Å². The molecular weight excluding hydrogens is 194 g/mol. The van der Waals surface area contributed by atoms with Crippen LogP contribution in [-0.4, -0.2) is 59.6 Å². The minimum Gasteiger partial charge on any atom is -0.465 e. The molecule has 1 N–H and O–H groups in total. The Labute approximate surface area is 78.8 Å². The highest BCUT2D eigenvalue weighted by atomic mass is 28.3. The first-order valence-electron chi connectivity index (χ1n) is 3.69. The SMILES string of the molecule is CO[SiH](COCN(C)C(=O)O)OC. The Morgan fingerprint density at radius 3 is 2.38 bits per heavy atom. The molecule has 0 atom stereocenters. The van der Waals surface area contributed by atoms with Crippen LogP contribution in [0.4, 0.5) is 4.79 Å². The lowest BCUT2D eigenvalue weighted by atomic mass is 10.9. The summed E-state index contributed by atoms with van der Waals surface area (Å²) in [6, 6.07) is 0. The Bertz CT molecular complexity index is 152.